The number of carbonyl (C=O) groups is 2. The molecule has 24 heavy (non-hydrogen) atoms. The van der Waals surface area contributed by atoms with Crippen LogP contribution in [0.3, 0.4) is 0 Å². The predicted octanol–water partition coefficient (Wildman–Crippen LogP) is 3.42. The zero-order valence-electron chi connectivity index (χ0n) is 12.4. The van der Waals surface area contributed by atoms with E-state index in [1.165, 1.54) is 13.2 Å². The zero-order chi connectivity index (χ0) is 17.7. The minimum absolute atomic E-state index is 0.281. The van der Waals surface area contributed by atoms with Crippen LogP contribution in [0, 0.1) is 11.6 Å². The van der Waals surface area contributed by atoms with E-state index in [0.717, 1.165) is 12.1 Å². The number of hydrogen-bond donors (Lipinski definition) is 1. The van der Waals surface area contributed by atoms with E-state index in [9.17, 15) is 18.4 Å². The number of rotatable bonds is 5. The van der Waals surface area contributed by atoms with Crippen molar-refractivity contribution < 1.29 is 27.8 Å². The number of halogens is 3. The molecule has 0 aliphatic carbocycles. The van der Waals surface area contributed by atoms with Crippen LogP contribution in [0.2, 0.25) is 5.02 Å². The molecule has 0 aromatic heterocycles. The summed E-state index contributed by atoms with van der Waals surface area (Å²) in [5, 5.41) is 2.81. The first-order valence-corrected chi connectivity index (χ1v) is 7.04. The first-order valence-electron chi connectivity index (χ1n) is 6.66. The molecule has 0 saturated heterocycles. The van der Waals surface area contributed by atoms with Gasteiger partial charge >= 0.3 is 5.97 Å². The normalized spacial score (nSPS) is 10.2. The van der Waals surface area contributed by atoms with Crippen molar-refractivity contribution in [2.45, 2.75) is 0 Å². The Labute approximate surface area is 141 Å². The Morgan fingerprint density at radius 2 is 1.92 bits per heavy atom. The highest BCUT2D eigenvalue weighted by Gasteiger charge is 2.16. The maximum Gasteiger partial charge on any atom is 0.341 e. The van der Waals surface area contributed by atoms with E-state index in [4.69, 9.17) is 16.3 Å². The van der Waals surface area contributed by atoms with Crippen molar-refractivity contribution in [2.75, 3.05) is 19.0 Å². The summed E-state index contributed by atoms with van der Waals surface area (Å²) in [4.78, 5) is 23.5. The predicted molar refractivity (Wildman–Crippen MR) is 83.3 cm³/mol. The lowest BCUT2D eigenvalue weighted by atomic mass is 10.2. The summed E-state index contributed by atoms with van der Waals surface area (Å²) in [6.45, 7) is -0.690. The molecule has 0 saturated carbocycles. The van der Waals surface area contributed by atoms with Gasteiger partial charge in [0.15, 0.2) is 6.61 Å². The van der Waals surface area contributed by atoms with Gasteiger partial charge in [-0.15, -0.1) is 0 Å². The van der Waals surface area contributed by atoms with Crippen LogP contribution in [0.5, 0.6) is 5.75 Å². The first kappa shape index (κ1) is 17.7. The van der Waals surface area contributed by atoms with Crippen molar-refractivity contribution in [3.8, 4) is 5.75 Å². The Morgan fingerprint density at radius 3 is 2.62 bits per heavy atom. The lowest BCUT2D eigenvalue weighted by Crippen LogP contribution is -2.21. The average Bonchev–Trinajstić information content (AvgIpc) is 2.55. The van der Waals surface area contributed by atoms with E-state index >= 15 is 0 Å². The summed E-state index contributed by atoms with van der Waals surface area (Å²) in [7, 11) is 1.41. The number of benzene rings is 2. The van der Waals surface area contributed by atoms with E-state index in [2.05, 4.69) is 10.1 Å². The van der Waals surface area contributed by atoms with Crippen molar-refractivity contribution in [2.24, 2.45) is 0 Å². The molecule has 0 radical (unpaired) electrons. The summed E-state index contributed by atoms with van der Waals surface area (Å²) in [5.74, 6) is -3.23. The van der Waals surface area contributed by atoms with Gasteiger partial charge in [-0.2, -0.15) is 0 Å². The third-order valence-corrected chi connectivity index (χ3v) is 3.15. The summed E-state index contributed by atoms with van der Waals surface area (Å²) in [6, 6.07) is 6.92. The topological polar surface area (TPSA) is 64.6 Å². The maximum absolute atomic E-state index is 13.4. The van der Waals surface area contributed by atoms with Crippen LogP contribution in [0.4, 0.5) is 14.5 Å². The molecule has 0 bridgehead atoms. The molecule has 2 aromatic rings. The van der Waals surface area contributed by atoms with Gasteiger partial charge in [-0.1, -0.05) is 11.6 Å². The third kappa shape index (κ3) is 4.42. The summed E-state index contributed by atoms with van der Waals surface area (Å²) >= 11 is 5.83. The Bertz CT molecular complexity index is 783. The largest absolute Gasteiger partial charge is 0.495 e. The fourth-order valence-electron chi connectivity index (χ4n) is 1.83. The lowest BCUT2D eigenvalue weighted by molar-refractivity contribution is -0.119. The number of anilines is 1. The van der Waals surface area contributed by atoms with Crippen LogP contribution >= 0.6 is 11.6 Å². The van der Waals surface area contributed by atoms with Crippen LogP contribution < -0.4 is 10.1 Å². The van der Waals surface area contributed by atoms with E-state index < -0.39 is 35.7 Å². The maximum atomic E-state index is 13.4. The SMILES string of the molecule is COc1ccc(Cl)cc1NC(=O)COC(=O)c1cc(F)ccc1F. The molecule has 0 aliphatic heterocycles. The van der Waals surface area contributed by atoms with Crippen molar-refractivity contribution in [3.63, 3.8) is 0 Å². The van der Waals surface area contributed by atoms with Crippen LogP contribution in [0.1, 0.15) is 10.4 Å². The number of carbonyl (C=O) groups excluding carboxylic acids is 2. The monoisotopic (exact) mass is 355 g/mol. The van der Waals surface area contributed by atoms with Gasteiger partial charge in [-0.05, 0) is 36.4 Å². The number of amides is 1. The summed E-state index contributed by atoms with van der Waals surface area (Å²) in [6.07, 6.45) is 0. The molecule has 0 fully saturated rings. The van der Waals surface area contributed by atoms with Crippen molar-refractivity contribution in [1.82, 2.24) is 0 Å². The molecule has 126 valence electrons. The van der Waals surface area contributed by atoms with Gasteiger partial charge in [0.25, 0.3) is 5.91 Å². The van der Waals surface area contributed by atoms with Crippen LogP contribution in [0.25, 0.3) is 0 Å². The highest BCUT2D eigenvalue weighted by atomic mass is 35.5. The van der Waals surface area contributed by atoms with Gasteiger partial charge < -0.3 is 14.8 Å². The Hall–Kier alpha value is -2.67. The van der Waals surface area contributed by atoms with E-state index in [0.29, 0.717) is 16.8 Å². The van der Waals surface area contributed by atoms with Crippen LogP contribution in [0.15, 0.2) is 36.4 Å². The quantitative estimate of drug-likeness (QED) is 0.835. The fraction of sp³-hybridized carbons (Fsp3) is 0.125. The second-order valence-corrected chi connectivity index (χ2v) is 5.03. The van der Waals surface area contributed by atoms with Crippen LogP contribution in [-0.2, 0) is 9.53 Å². The number of methoxy groups -OCH3 is 1. The molecule has 0 heterocycles. The summed E-state index contributed by atoms with van der Waals surface area (Å²) in [5.41, 5.74) is -0.314. The summed E-state index contributed by atoms with van der Waals surface area (Å²) < 4.78 is 36.2. The van der Waals surface area contributed by atoms with Crippen molar-refractivity contribution in [3.05, 3.63) is 58.6 Å². The smallest absolute Gasteiger partial charge is 0.341 e. The van der Waals surface area contributed by atoms with Crippen molar-refractivity contribution in [1.29, 1.82) is 0 Å². The molecule has 8 heteroatoms. The lowest BCUT2D eigenvalue weighted by Gasteiger charge is -2.11. The Balaban J connectivity index is 2.00. The molecular weight excluding hydrogens is 344 g/mol. The van der Waals surface area contributed by atoms with E-state index in [1.807, 2.05) is 0 Å². The Morgan fingerprint density at radius 1 is 1.17 bits per heavy atom. The highest BCUT2D eigenvalue weighted by Crippen LogP contribution is 2.27. The first-order chi connectivity index (χ1) is 11.4. The number of nitrogens with one attached hydrogen (secondary N) is 1. The van der Waals surface area contributed by atoms with E-state index in [-0.39, 0.29) is 5.69 Å². The molecule has 1 N–H and O–H groups in total. The third-order valence-electron chi connectivity index (χ3n) is 2.92. The molecule has 0 unspecified atom stereocenters. The minimum atomic E-state index is -1.15. The van der Waals surface area contributed by atoms with Gasteiger partial charge in [0.05, 0.1) is 18.4 Å². The second kappa shape index (κ2) is 7.74. The fourth-order valence-corrected chi connectivity index (χ4v) is 2.00. The Kier molecular flexibility index (Phi) is 5.70. The van der Waals surface area contributed by atoms with Crippen LogP contribution in [-0.4, -0.2) is 25.6 Å². The number of esters is 1. The second-order valence-electron chi connectivity index (χ2n) is 4.59. The average molecular weight is 356 g/mol. The molecule has 5 nitrogen and oxygen atoms in total. The molecule has 1 amide bonds. The highest BCUT2D eigenvalue weighted by molar-refractivity contribution is 6.31. The molecule has 2 aromatic carbocycles. The van der Waals surface area contributed by atoms with E-state index in [1.54, 1.807) is 12.1 Å². The van der Waals surface area contributed by atoms with Gasteiger partial charge in [0.1, 0.15) is 17.4 Å². The minimum Gasteiger partial charge on any atom is -0.495 e. The van der Waals surface area contributed by atoms with Gasteiger partial charge in [0, 0.05) is 5.02 Å². The molecule has 0 aliphatic rings. The standard InChI is InChI=1S/C16H12ClF2NO4/c1-23-14-5-2-9(17)6-13(14)20-15(21)8-24-16(22)11-7-10(18)3-4-12(11)19/h2-7H,8H2,1H3,(H,20,21). The van der Waals surface area contributed by atoms with Gasteiger partial charge in [-0.25, -0.2) is 13.6 Å². The molecule has 0 atom stereocenters. The number of ether oxygens (including phenoxy) is 2. The number of hydrogen-bond acceptors (Lipinski definition) is 4. The molecular formula is C16H12ClF2NO4. The van der Waals surface area contributed by atoms with Gasteiger partial charge in [0.2, 0.25) is 0 Å². The van der Waals surface area contributed by atoms with Gasteiger partial charge in [-0.3, -0.25) is 4.79 Å². The van der Waals surface area contributed by atoms with Crippen molar-refractivity contribution >= 4 is 29.2 Å². The molecule has 2 rings (SSSR count). The zero-order valence-corrected chi connectivity index (χ0v) is 13.2. The molecule has 0 spiro atoms.